The summed E-state index contributed by atoms with van der Waals surface area (Å²) in [4.78, 5) is 10.6. The van der Waals surface area contributed by atoms with Crippen LogP contribution in [0, 0.1) is 13.8 Å². The SMILES string of the molecule is Cc1nn(C)c(C)c1CNCc1cc(C(=O)O)no1. The molecular formula is C12H16N4O3. The van der Waals surface area contributed by atoms with Crippen molar-refractivity contribution < 1.29 is 14.4 Å². The second-order valence-electron chi connectivity index (χ2n) is 4.36. The maximum Gasteiger partial charge on any atom is 0.358 e. The highest BCUT2D eigenvalue weighted by molar-refractivity contribution is 5.85. The van der Waals surface area contributed by atoms with Gasteiger partial charge in [-0.2, -0.15) is 5.10 Å². The van der Waals surface area contributed by atoms with Gasteiger partial charge in [-0.1, -0.05) is 5.16 Å². The number of aryl methyl sites for hydroxylation is 2. The number of aromatic carboxylic acids is 1. The number of carboxylic acid groups (broad SMARTS) is 1. The van der Waals surface area contributed by atoms with E-state index in [9.17, 15) is 4.79 Å². The molecule has 2 aromatic rings. The second kappa shape index (κ2) is 5.23. The summed E-state index contributed by atoms with van der Waals surface area (Å²) in [7, 11) is 1.90. The largest absolute Gasteiger partial charge is 0.476 e. The van der Waals surface area contributed by atoms with Gasteiger partial charge in [-0.05, 0) is 13.8 Å². The van der Waals surface area contributed by atoms with Crippen LogP contribution < -0.4 is 5.32 Å². The van der Waals surface area contributed by atoms with Crippen molar-refractivity contribution in [2.24, 2.45) is 7.05 Å². The van der Waals surface area contributed by atoms with Gasteiger partial charge in [0.25, 0.3) is 0 Å². The van der Waals surface area contributed by atoms with E-state index < -0.39 is 5.97 Å². The topological polar surface area (TPSA) is 93.2 Å². The highest BCUT2D eigenvalue weighted by atomic mass is 16.5. The molecule has 0 aliphatic heterocycles. The van der Waals surface area contributed by atoms with Gasteiger partial charge >= 0.3 is 5.97 Å². The predicted molar refractivity (Wildman–Crippen MR) is 66.7 cm³/mol. The molecule has 0 radical (unpaired) electrons. The van der Waals surface area contributed by atoms with Crippen molar-refractivity contribution >= 4 is 5.97 Å². The number of hydrogen-bond donors (Lipinski definition) is 2. The molecule has 0 bridgehead atoms. The molecule has 0 saturated carbocycles. The van der Waals surface area contributed by atoms with E-state index in [0.717, 1.165) is 17.0 Å². The Labute approximate surface area is 110 Å². The Kier molecular flexibility index (Phi) is 3.66. The smallest absolute Gasteiger partial charge is 0.358 e. The second-order valence-corrected chi connectivity index (χ2v) is 4.36. The lowest BCUT2D eigenvalue weighted by atomic mass is 10.2. The van der Waals surface area contributed by atoms with Crippen LogP contribution in [0.5, 0.6) is 0 Å². The lowest BCUT2D eigenvalue weighted by molar-refractivity contribution is 0.0685. The van der Waals surface area contributed by atoms with Crippen LogP contribution in [0.4, 0.5) is 0 Å². The van der Waals surface area contributed by atoms with E-state index in [-0.39, 0.29) is 5.69 Å². The lowest BCUT2D eigenvalue weighted by Gasteiger charge is -2.03. The third-order valence-corrected chi connectivity index (χ3v) is 3.04. The molecule has 0 spiro atoms. The van der Waals surface area contributed by atoms with Crippen molar-refractivity contribution in [3.8, 4) is 0 Å². The molecule has 2 N–H and O–H groups in total. The van der Waals surface area contributed by atoms with Crippen LogP contribution in [0.25, 0.3) is 0 Å². The Morgan fingerprint density at radius 1 is 1.47 bits per heavy atom. The molecule has 0 aliphatic carbocycles. The number of rotatable bonds is 5. The Morgan fingerprint density at radius 3 is 2.74 bits per heavy atom. The maximum atomic E-state index is 10.6. The summed E-state index contributed by atoms with van der Waals surface area (Å²) in [5.74, 6) is -0.592. The average Bonchev–Trinajstić information content (AvgIpc) is 2.90. The van der Waals surface area contributed by atoms with Crippen molar-refractivity contribution in [2.45, 2.75) is 26.9 Å². The van der Waals surface area contributed by atoms with Crippen molar-refractivity contribution in [1.82, 2.24) is 20.3 Å². The van der Waals surface area contributed by atoms with Gasteiger partial charge in [0, 0.05) is 30.9 Å². The molecule has 2 rings (SSSR count). The molecule has 0 aromatic carbocycles. The molecule has 0 atom stereocenters. The number of carboxylic acids is 1. The van der Waals surface area contributed by atoms with Gasteiger partial charge in [0.2, 0.25) is 0 Å². The summed E-state index contributed by atoms with van der Waals surface area (Å²) < 4.78 is 6.75. The maximum absolute atomic E-state index is 10.6. The third kappa shape index (κ3) is 2.82. The van der Waals surface area contributed by atoms with Crippen LogP contribution in [0.15, 0.2) is 10.6 Å². The summed E-state index contributed by atoms with van der Waals surface area (Å²) in [6.45, 7) is 5.04. The van der Waals surface area contributed by atoms with Crippen molar-refractivity contribution in [1.29, 1.82) is 0 Å². The minimum Gasteiger partial charge on any atom is -0.476 e. The molecule has 0 unspecified atom stereocenters. The van der Waals surface area contributed by atoms with E-state index in [1.165, 1.54) is 6.07 Å². The summed E-state index contributed by atoms with van der Waals surface area (Å²) >= 11 is 0. The lowest BCUT2D eigenvalue weighted by Crippen LogP contribution is -2.13. The molecule has 0 amide bonds. The highest BCUT2D eigenvalue weighted by Gasteiger charge is 2.12. The number of nitrogens with zero attached hydrogens (tertiary/aromatic N) is 3. The van der Waals surface area contributed by atoms with E-state index in [0.29, 0.717) is 18.8 Å². The molecule has 7 nitrogen and oxygen atoms in total. The van der Waals surface area contributed by atoms with Gasteiger partial charge in [0.1, 0.15) is 0 Å². The molecule has 7 heteroatoms. The van der Waals surface area contributed by atoms with Gasteiger partial charge in [-0.25, -0.2) is 4.79 Å². The van der Waals surface area contributed by atoms with Gasteiger partial charge < -0.3 is 14.9 Å². The average molecular weight is 264 g/mol. The first kappa shape index (κ1) is 13.3. The molecule has 0 saturated heterocycles. The molecule has 2 heterocycles. The van der Waals surface area contributed by atoms with Crippen LogP contribution >= 0.6 is 0 Å². The van der Waals surface area contributed by atoms with Gasteiger partial charge in [0.15, 0.2) is 11.5 Å². The minimum absolute atomic E-state index is 0.0782. The van der Waals surface area contributed by atoms with Crippen LogP contribution in [0.3, 0.4) is 0 Å². The monoisotopic (exact) mass is 264 g/mol. The first-order valence-corrected chi connectivity index (χ1v) is 5.87. The van der Waals surface area contributed by atoms with Crippen LogP contribution in [0.1, 0.15) is 33.2 Å². The number of carbonyl (C=O) groups is 1. The van der Waals surface area contributed by atoms with E-state index in [4.69, 9.17) is 9.63 Å². The van der Waals surface area contributed by atoms with Crippen molar-refractivity contribution in [3.63, 3.8) is 0 Å². The minimum atomic E-state index is -1.09. The molecular weight excluding hydrogens is 248 g/mol. The van der Waals surface area contributed by atoms with Crippen LogP contribution in [-0.4, -0.2) is 26.0 Å². The Hall–Kier alpha value is -2.15. The standard InChI is InChI=1S/C12H16N4O3/c1-7-10(8(2)16(3)14-7)6-13-5-9-4-11(12(17)18)15-19-9/h4,13H,5-6H2,1-3H3,(H,17,18). The zero-order chi connectivity index (χ0) is 14.0. The highest BCUT2D eigenvalue weighted by Crippen LogP contribution is 2.11. The summed E-state index contributed by atoms with van der Waals surface area (Å²) in [6.07, 6.45) is 0. The first-order chi connectivity index (χ1) is 8.99. The summed E-state index contributed by atoms with van der Waals surface area (Å²) in [6, 6.07) is 1.41. The molecule has 102 valence electrons. The van der Waals surface area contributed by atoms with Crippen LogP contribution in [-0.2, 0) is 20.1 Å². The Balaban J connectivity index is 1.94. The van der Waals surface area contributed by atoms with E-state index >= 15 is 0 Å². The number of hydrogen-bond acceptors (Lipinski definition) is 5. The number of nitrogens with one attached hydrogen (secondary N) is 1. The van der Waals surface area contributed by atoms with E-state index in [1.807, 2.05) is 25.6 Å². The van der Waals surface area contributed by atoms with Gasteiger partial charge in [-0.15, -0.1) is 0 Å². The van der Waals surface area contributed by atoms with Crippen molar-refractivity contribution in [3.05, 3.63) is 34.5 Å². The third-order valence-electron chi connectivity index (χ3n) is 3.04. The quantitative estimate of drug-likeness (QED) is 0.837. The molecule has 0 fully saturated rings. The molecule has 2 aromatic heterocycles. The predicted octanol–water partition coefficient (Wildman–Crippen LogP) is 1.01. The van der Waals surface area contributed by atoms with E-state index in [2.05, 4.69) is 15.6 Å². The van der Waals surface area contributed by atoms with Gasteiger partial charge in [-0.3, -0.25) is 4.68 Å². The summed E-state index contributed by atoms with van der Waals surface area (Å²) in [5.41, 5.74) is 3.15. The fourth-order valence-corrected chi connectivity index (χ4v) is 1.88. The normalized spacial score (nSPS) is 10.9. The summed E-state index contributed by atoms with van der Waals surface area (Å²) in [5, 5.41) is 19.7. The number of aromatic nitrogens is 3. The Morgan fingerprint density at radius 2 is 2.21 bits per heavy atom. The van der Waals surface area contributed by atoms with E-state index in [1.54, 1.807) is 0 Å². The Bertz CT molecular complexity index is 600. The van der Waals surface area contributed by atoms with Gasteiger partial charge in [0.05, 0.1) is 12.2 Å². The fourth-order valence-electron chi connectivity index (χ4n) is 1.88. The van der Waals surface area contributed by atoms with Crippen molar-refractivity contribution in [2.75, 3.05) is 0 Å². The first-order valence-electron chi connectivity index (χ1n) is 5.87. The van der Waals surface area contributed by atoms with Crippen LogP contribution in [0.2, 0.25) is 0 Å². The zero-order valence-electron chi connectivity index (χ0n) is 11.1. The molecule has 19 heavy (non-hydrogen) atoms. The fraction of sp³-hybridized carbons (Fsp3) is 0.417. The molecule has 0 aliphatic rings. The zero-order valence-corrected chi connectivity index (χ0v) is 11.1.